The molecule has 0 aliphatic heterocycles. The maximum absolute atomic E-state index is 10.9. The average Bonchev–Trinajstić information content (AvgIpc) is 2.58. The number of anilines is 1. The number of unbranched alkanes of at least 4 members (excludes halogenated alkanes) is 2. The van der Waals surface area contributed by atoms with E-state index in [-0.39, 0.29) is 6.16 Å². The van der Waals surface area contributed by atoms with Crippen molar-refractivity contribution in [2.45, 2.75) is 19.3 Å². The quantitative estimate of drug-likeness (QED) is 0.513. The van der Waals surface area contributed by atoms with E-state index in [4.69, 9.17) is 19.3 Å². The van der Waals surface area contributed by atoms with E-state index in [9.17, 15) is 4.57 Å². The molecule has 0 bridgehead atoms. The topological polar surface area (TPSA) is 105 Å². The fourth-order valence-corrected chi connectivity index (χ4v) is 3.26. The fourth-order valence-electron chi connectivity index (χ4n) is 2.62. The van der Waals surface area contributed by atoms with Crippen molar-refractivity contribution in [1.29, 1.82) is 0 Å². The molecule has 1 aromatic heterocycles. The largest absolute Gasteiger partial charge is 0.493 e. The van der Waals surface area contributed by atoms with E-state index in [1.54, 1.807) is 14.2 Å². The number of hydrogen-bond donors (Lipinski definition) is 2. The molecule has 0 atom stereocenters. The number of benzene rings is 1. The molecule has 138 valence electrons. The molecule has 1 heterocycles. The van der Waals surface area contributed by atoms with Crippen LogP contribution in [0.1, 0.15) is 19.3 Å². The van der Waals surface area contributed by atoms with Gasteiger partial charge >= 0.3 is 7.60 Å². The molecule has 0 saturated heterocycles. The molecule has 2 N–H and O–H groups in total. The number of methoxy groups -OCH3 is 2. The first kappa shape index (κ1) is 19.4. The summed E-state index contributed by atoms with van der Waals surface area (Å²) >= 11 is 0. The van der Waals surface area contributed by atoms with Crippen molar-refractivity contribution in [2.75, 3.05) is 38.9 Å². The molecule has 2 rings (SSSR count). The van der Waals surface area contributed by atoms with Gasteiger partial charge in [0.25, 0.3) is 0 Å². The zero-order valence-corrected chi connectivity index (χ0v) is 15.6. The lowest BCUT2D eigenvalue weighted by atomic mass is 10.2. The van der Waals surface area contributed by atoms with Crippen LogP contribution in [0.25, 0.3) is 10.9 Å². The van der Waals surface area contributed by atoms with Crippen LogP contribution in [0.3, 0.4) is 0 Å². The fraction of sp³-hybridized carbons (Fsp3) is 0.500. The van der Waals surface area contributed by atoms with Gasteiger partial charge in [-0.2, -0.15) is 0 Å². The Labute approximate surface area is 147 Å². The van der Waals surface area contributed by atoms with Gasteiger partial charge in [-0.05, 0) is 18.9 Å². The van der Waals surface area contributed by atoms with E-state index < -0.39 is 7.60 Å². The van der Waals surface area contributed by atoms with Crippen LogP contribution in [0.15, 0.2) is 18.5 Å². The highest BCUT2D eigenvalue weighted by molar-refractivity contribution is 7.51. The molecule has 9 heteroatoms. The summed E-state index contributed by atoms with van der Waals surface area (Å²) in [5.74, 6) is 2.00. The Morgan fingerprint density at radius 1 is 1.08 bits per heavy atom. The van der Waals surface area contributed by atoms with Gasteiger partial charge in [-0.25, -0.2) is 9.97 Å². The Kier molecular flexibility index (Phi) is 6.58. The third kappa shape index (κ3) is 5.29. The third-order valence-electron chi connectivity index (χ3n) is 3.92. The maximum Gasteiger partial charge on any atom is 0.325 e. The minimum absolute atomic E-state index is 0.0653. The van der Waals surface area contributed by atoms with E-state index in [0.29, 0.717) is 17.9 Å². The summed E-state index contributed by atoms with van der Waals surface area (Å²) in [6.45, 7) is 0.724. The summed E-state index contributed by atoms with van der Waals surface area (Å²) < 4.78 is 21.5. The predicted molar refractivity (Wildman–Crippen MR) is 96.7 cm³/mol. The third-order valence-corrected chi connectivity index (χ3v) is 4.82. The van der Waals surface area contributed by atoms with E-state index in [1.807, 2.05) is 24.1 Å². The van der Waals surface area contributed by atoms with Gasteiger partial charge in [0.15, 0.2) is 11.5 Å². The van der Waals surface area contributed by atoms with Gasteiger partial charge in [0, 0.05) is 31.2 Å². The second kappa shape index (κ2) is 8.47. The first-order valence-electron chi connectivity index (χ1n) is 7.98. The van der Waals surface area contributed by atoms with Crippen LogP contribution in [0, 0.1) is 0 Å². The molecular weight excluding hydrogens is 345 g/mol. The number of fused-ring (bicyclic) bond motifs is 1. The zero-order valence-electron chi connectivity index (χ0n) is 14.7. The highest BCUT2D eigenvalue weighted by Gasteiger charge is 2.14. The van der Waals surface area contributed by atoms with Crippen LogP contribution >= 0.6 is 7.60 Å². The molecule has 25 heavy (non-hydrogen) atoms. The summed E-state index contributed by atoms with van der Waals surface area (Å²) in [6.07, 6.45) is 3.51. The highest BCUT2D eigenvalue weighted by atomic mass is 31.2. The van der Waals surface area contributed by atoms with Crippen LogP contribution in [0.5, 0.6) is 11.5 Å². The first-order chi connectivity index (χ1) is 11.9. The number of hydrogen-bond acceptors (Lipinski definition) is 6. The molecule has 0 fully saturated rings. The number of nitrogens with zero attached hydrogens (tertiary/aromatic N) is 3. The Morgan fingerprint density at radius 3 is 2.40 bits per heavy atom. The van der Waals surface area contributed by atoms with Gasteiger partial charge in [-0.15, -0.1) is 0 Å². The Bertz CT molecular complexity index is 765. The number of ether oxygens (including phenoxy) is 2. The molecule has 0 amide bonds. The maximum atomic E-state index is 10.9. The zero-order chi connectivity index (χ0) is 18.4. The van der Waals surface area contributed by atoms with E-state index in [0.717, 1.165) is 36.1 Å². The van der Waals surface area contributed by atoms with E-state index in [1.165, 1.54) is 6.33 Å². The van der Waals surface area contributed by atoms with Crippen LogP contribution < -0.4 is 14.4 Å². The van der Waals surface area contributed by atoms with Gasteiger partial charge in [-0.1, -0.05) is 6.42 Å². The van der Waals surface area contributed by atoms with Crippen LogP contribution in [0.2, 0.25) is 0 Å². The molecule has 8 nitrogen and oxygen atoms in total. The van der Waals surface area contributed by atoms with Gasteiger partial charge in [0.1, 0.15) is 12.1 Å². The smallest absolute Gasteiger partial charge is 0.325 e. The standard InChI is InChI=1S/C16H24N3O5P/c1-19(7-5-4-6-8-25(20,21)22)16-12-9-14(23-2)15(24-3)10-13(12)17-11-18-16/h9-11H,4-8H2,1-3H3,(H2,20,21,22). The molecule has 0 aliphatic rings. The van der Waals surface area contributed by atoms with Crippen molar-refractivity contribution in [1.82, 2.24) is 9.97 Å². The lowest BCUT2D eigenvalue weighted by molar-refractivity contribution is 0.356. The van der Waals surface area contributed by atoms with E-state index >= 15 is 0 Å². The van der Waals surface area contributed by atoms with Crippen LogP contribution in [0.4, 0.5) is 5.82 Å². The minimum atomic E-state index is -3.90. The predicted octanol–water partition coefficient (Wildman–Crippen LogP) is 2.43. The van der Waals surface area contributed by atoms with Gasteiger partial charge < -0.3 is 24.2 Å². The van der Waals surface area contributed by atoms with Crippen LogP contribution in [-0.2, 0) is 4.57 Å². The molecule has 2 aromatic rings. The normalized spacial score (nSPS) is 11.6. The summed E-state index contributed by atoms with van der Waals surface area (Å²) in [7, 11) is 1.19. The van der Waals surface area contributed by atoms with Gasteiger partial charge in [-0.3, -0.25) is 4.57 Å². The molecular formula is C16H24N3O5P. The molecule has 0 aliphatic carbocycles. The SMILES string of the molecule is COc1cc2ncnc(N(C)CCCCCP(=O)(O)O)c2cc1OC. The number of aromatic nitrogens is 2. The lowest BCUT2D eigenvalue weighted by Gasteiger charge is -2.20. The minimum Gasteiger partial charge on any atom is -0.493 e. The summed E-state index contributed by atoms with van der Waals surface area (Å²) in [4.78, 5) is 28.4. The highest BCUT2D eigenvalue weighted by Crippen LogP contribution is 2.36. The lowest BCUT2D eigenvalue weighted by Crippen LogP contribution is -2.20. The second-order valence-corrected chi connectivity index (χ2v) is 7.57. The van der Waals surface area contributed by atoms with Crippen molar-refractivity contribution in [3.63, 3.8) is 0 Å². The Hall–Kier alpha value is -1.89. The Balaban J connectivity index is 2.10. The van der Waals surface area contributed by atoms with Crippen molar-refractivity contribution >= 4 is 24.3 Å². The van der Waals surface area contributed by atoms with Gasteiger partial charge in [0.05, 0.1) is 19.7 Å². The molecule has 0 radical (unpaired) electrons. The number of rotatable bonds is 9. The molecule has 0 spiro atoms. The first-order valence-corrected chi connectivity index (χ1v) is 9.78. The summed E-state index contributed by atoms with van der Waals surface area (Å²) in [5.41, 5.74) is 0.760. The average molecular weight is 369 g/mol. The Morgan fingerprint density at radius 2 is 1.76 bits per heavy atom. The second-order valence-electron chi connectivity index (χ2n) is 5.79. The van der Waals surface area contributed by atoms with Crippen molar-refractivity contribution in [3.8, 4) is 11.5 Å². The van der Waals surface area contributed by atoms with Crippen LogP contribution in [-0.4, -0.2) is 53.7 Å². The summed E-state index contributed by atoms with van der Waals surface area (Å²) in [5, 5.41) is 0.859. The monoisotopic (exact) mass is 369 g/mol. The van der Waals surface area contributed by atoms with Crippen molar-refractivity contribution < 1.29 is 23.8 Å². The van der Waals surface area contributed by atoms with Crippen molar-refractivity contribution in [3.05, 3.63) is 18.5 Å². The van der Waals surface area contributed by atoms with Crippen molar-refractivity contribution in [2.24, 2.45) is 0 Å². The molecule has 1 aromatic carbocycles. The summed E-state index contributed by atoms with van der Waals surface area (Å²) in [6, 6.07) is 3.67. The van der Waals surface area contributed by atoms with Gasteiger partial charge in [0.2, 0.25) is 0 Å². The van der Waals surface area contributed by atoms with E-state index in [2.05, 4.69) is 9.97 Å². The molecule has 0 saturated carbocycles. The molecule has 0 unspecified atom stereocenters.